The maximum atomic E-state index is 12.2. The van der Waals surface area contributed by atoms with E-state index in [1.807, 2.05) is 0 Å². The molecule has 10 heteroatoms. The summed E-state index contributed by atoms with van der Waals surface area (Å²) in [6.07, 6.45) is -2.16. The van der Waals surface area contributed by atoms with Crippen LogP contribution in [-0.2, 0) is 9.53 Å². The first kappa shape index (κ1) is 24.2. The topological polar surface area (TPSA) is 57.2 Å². The highest BCUT2D eigenvalue weighted by atomic mass is 127. The van der Waals surface area contributed by atoms with Gasteiger partial charge < -0.3 is 15.0 Å². The third kappa shape index (κ3) is 9.47. The van der Waals surface area contributed by atoms with Crippen LogP contribution in [0.25, 0.3) is 0 Å². The Hall–Kier alpha value is -0.780. The van der Waals surface area contributed by atoms with Crippen LogP contribution in [0.3, 0.4) is 0 Å². The molecule has 1 heterocycles. The average Bonchev–Trinajstić information content (AvgIpc) is 2.53. The van der Waals surface area contributed by atoms with Gasteiger partial charge in [0.15, 0.2) is 5.96 Å². The van der Waals surface area contributed by atoms with Crippen LogP contribution >= 0.6 is 24.0 Å². The smallest absolute Gasteiger partial charge is 0.401 e. The largest absolute Gasteiger partial charge is 0.469 e. The Morgan fingerprint density at radius 1 is 1.36 bits per heavy atom. The minimum atomic E-state index is -4.16. The summed E-state index contributed by atoms with van der Waals surface area (Å²) in [5, 5.41) is 3.17. The molecule has 0 aromatic heterocycles. The quantitative estimate of drug-likeness (QED) is 0.207. The molecule has 1 saturated heterocycles. The van der Waals surface area contributed by atoms with Gasteiger partial charge >= 0.3 is 12.1 Å². The van der Waals surface area contributed by atoms with Crippen LogP contribution in [0.1, 0.15) is 19.3 Å². The van der Waals surface area contributed by atoms with E-state index >= 15 is 0 Å². The fourth-order valence-electron chi connectivity index (χ4n) is 2.76. The van der Waals surface area contributed by atoms with Crippen LogP contribution in [0.5, 0.6) is 0 Å². The summed E-state index contributed by atoms with van der Waals surface area (Å²) in [6.45, 7) is 1.41. The standard InChI is InChI=1S/C15H27F3N4O2.HI/c1-19-14(20-7-4-8-21(2)11-15(16,17)18)22-9-5-12(6-10-22)13(23)24-3;/h12H,4-11H2,1-3H3,(H,19,20);1H. The minimum Gasteiger partial charge on any atom is -0.469 e. The first-order valence-corrected chi connectivity index (χ1v) is 8.05. The van der Waals surface area contributed by atoms with Gasteiger partial charge in [-0.1, -0.05) is 0 Å². The number of alkyl halides is 3. The SMILES string of the molecule is CN=C(NCCCN(C)CC(F)(F)F)N1CCC(C(=O)OC)CC1.I. The maximum Gasteiger partial charge on any atom is 0.401 e. The summed E-state index contributed by atoms with van der Waals surface area (Å²) in [7, 11) is 4.52. The monoisotopic (exact) mass is 480 g/mol. The molecule has 1 aliphatic rings. The molecular weight excluding hydrogens is 452 g/mol. The zero-order valence-corrected chi connectivity index (χ0v) is 17.3. The van der Waals surface area contributed by atoms with Crippen LogP contribution in [-0.4, -0.2) is 81.8 Å². The van der Waals surface area contributed by atoms with Gasteiger partial charge in [0.25, 0.3) is 0 Å². The van der Waals surface area contributed by atoms with Crippen molar-refractivity contribution in [3.8, 4) is 0 Å². The lowest BCUT2D eigenvalue weighted by molar-refractivity contribution is -0.146. The van der Waals surface area contributed by atoms with Gasteiger partial charge in [0.05, 0.1) is 19.6 Å². The number of ether oxygens (including phenoxy) is 1. The summed E-state index contributed by atoms with van der Waals surface area (Å²) < 4.78 is 41.5. The lowest BCUT2D eigenvalue weighted by Gasteiger charge is -2.33. The summed E-state index contributed by atoms with van der Waals surface area (Å²) in [5.74, 6) is 0.475. The zero-order valence-electron chi connectivity index (χ0n) is 14.9. The van der Waals surface area contributed by atoms with Gasteiger partial charge in [0.1, 0.15) is 0 Å². The molecule has 6 nitrogen and oxygen atoms in total. The van der Waals surface area contributed by atoms with E-state index in [2.05, 4.69) is 15.2 Å². The van der Waals surface area contributed by atoms with Crippen molar-refractivity contribution in [1.82, 2.24) is 15.1 Å². The molecule has 0 bridgehead atoms. The van der Waals surface area contributed by atoms with Crippen molar-refractivity contribution in [1.29, 1.82) is 0 Å². The number of carbonyl (C=O) groups excluding carboxylic acids is 1. The van der Waals surface area contributed by atoms with E-state index in [0.29, 0.717) is 45.4 Å². The third-order valence-electron chi connectivity index (χ3n) is 3.99. The van der Waals surface area contributed by atoms with Crippen molar-refractivity contribution >= 4 is 35.9 Å². The first-order chi connectivity index (χ1) is 11.3. The zero-order chi connectivity index (χ0) is 18.2. The number of halogens is 4. The number of nitrogens with zero attached hydrogens (tertiary/aromatic N) is 3. The molecule has 1 rings (SSSR count). The van der Waals surface area contributed by atoms with E-state index in [9.17, 15) is 18.0 Å². The van der Waals surface area contributed by atoms with Crippen LogP contribution in [0.4, 0.5) is 13.2 Å². The molecule has 0 unspecified atom stereocenters. The van der Waals surface area contributed by atoms with Crippen LogP contribution in [0, 0.1) is 5.92 Å². The number of rotatable bonds is 6. The summed E-state index contributed by atoms with van der Waals surface area (Å²) >= 11 is 0. The van der Waals surface area contributed by atoms with Gasteiger partial charge in [0, 0.05) is 26.7 Å². The Morgan fingerprint density at radius 3 is 2.44 bits per heavy atom. The van der Waals surface area contributed by atoms with E-state index in [0.717, 1.165) is 5.96 Å². The highest BCUT2D eigenvalue weighted by molar-refractivity contribution is 14.0. The van der Waals surface area contributed by atoms with Crippen molar-refractivity contribution < 1.29 is 22.7 Å². The number of esters is 1. The minimum absolute atomic E-state index is 0. The molecule has 1 aliphatic heterocycles. The number of nitrogens with one attached hydrogen (secondary N) is 1. The Balaban J connectivity index is 0.00000576. The lowest BCUT2D eigenvalue weighted by Crippen LogP contribution is -2.47. The molecular formula is C15H28F3IN4O2. The van der Waals surface area contributed by atoms with Gasteiger partial charge in [-0.2, -0.15) is 13.2 Å². The molecule has 25 heavy (non-hydrogen) atoms. The predicted octanol–water partition coefficient (Wildman–Crippen LogP) is 1.95. The van der Waals surface area contributed by atoms with Gasteiger partial charge in [-0.05, 0) is 32.9 Å². The van der Waals surface area contributed by atoms with Crippen LogP contribution in [0.15, 0.2) is 4.99 Å². The second-order valence-electron chi connectivity index (χ2n) is 5.96. The molecule has 0 spiro atoms. The molecule has 1 fully saturated rings. The number of piperidine rings is 1. The number of hydrogen-bond donors (Lipinski definition) is 1. The summed E-state index contributed by atoms with van der Waals surface area (Å²) in [6, 6.07) is 0. The second-order valence-corrected chi connectivity index (χ2v) is 5.96. The Kier molecular flexibility index (Phi) is 11.4. The van der Waals surface area contributed by atoms with E-state index in [1.54, 1.807) is 7.05 Å². The summed E-state index contributed by atoms with van der Waals surface area (Å²) in [5.41, 5.74) is 0. The van der Waals surface area contributed by atoms with E-state index in [4.69, 9.17) is 4.74 Å². The van der Waals surface area contributed by atoms with Crippen molar-refractivity contribution in [3.05, 3.63) is 0 Å². The van der Waals surface area contributed by atoms with Crippen molar-refractivity contribution in [2.75, 3.05) is 53.9 Å². The molecule has 0 aromatic rings. The molecule has 148 valence electrons. The van der Waals surface area contributed by atoms with Gasteiger partial charge in [-0.15, -0.1) is 24.0 Å². The fourth-order valence-corrected chi connectivity index (χ4v) is 2.76. The van der Waals surface area contributed by atoms with Crippen molar-refractivity contribution in [3.63, 3.8) is 0 Å². The number of methoxy groups -OCH3 is 1. The van der Waals surface area contributed by atoms with Gasteiger partial charge in [0.2, 0.25) is 0 Å². The molecule has 0 amide bonds. The highest BCUT2D eigenvalue weighted by Crippen LogP contribution is 2.18. The molecule has 0 atom stereocenters. The molecule has 0 aliphatic carbocycles. The van der Waals surface area contributed by atoms with Gasteiger partial charge in [-0.25, -0.2) is 0 Å². The highest BCUT2D eigenvalue weighted by Gasteiger charge is 2.29. The van der Waals surface area contributed by atoms with E-state index in [1.165, 1.54) is 19.1 Å². The maximum absolute atomic E-state index is 12.2. The molecule has 1 N–H and O–H groups in total. The Bertz CT molecular complexity index is 427. The summed E-state index contributed by atoms with van der Waals surface area (Å²) in [4.78, 5) is 19.0. The van der Waals surface area contributed by atoms with E-state index < -0.39 is 12.7 Å². The van der Waals surface area contributed by atoms with Crippen molar-refractivity contribution in [2.45, 2.75) is 25.4 Å². The molecule has 0 radical (unpaired) electrons. The normalized spacial score (nSPS) is 16.6. The van der Waals surface area contributed by atoms with Crippen LogP contribution < -0.4 is 5.32 Å². The van der Waals surface area contributed by atoms with Gasteiger partial charge in [-0.3, -0.25) is 14.7 Å². The predicted molar refractivity (Wildman–Crippen MR) is 101 cm³/mol. The first-order valence-electron chi connectivity index (χ1n) is 8.05. The second kappa shape index (κ2) is 11.8. The molecule has 0 saturated carbocycles. The van der Waals surface area contributed by atoms with E-state index in [-0.39, 0.29) is 35.9 Å². The molecule has 0 aromatic carbocycles. The Labute approximate surface area is 164 Å². The Morgan fingerprint density at radius 2 is 1.96 bits per heavy atom. The fraction of sp³-hybridized carbons (Fsp3) is 0.867. The van der Waals surface area contributed by atoms with Crippen molar-refractivity contribution in [2.24, 2.45) is 10.9 Å². The van der Waals surface area contributed by atoms with Crippen LogP contribution in [0.2, 0.25) is 0 Å². The number of guanidine groups is 1. The number of likely N-dealkylation sites (tertiary alicyclic amines) is 1. The third-order valence-corrected chi connectivity index (χ3v) is 3.99. The number of aliphatic imine (C=N–C) groups is 1. The number of carbonyl (C=O) groups is 1. The average molecular weight is 480 g/mol. The lowest BCUT2D eigenvalue weighted by atomic mass is 9.97. The number of hydrogen-bond acceptors (Lipinski definition) is 4.